The average molecular weight is 471 g/mol. The number of cyclic esters (lactones) is 1. The van der Waals surface area contributed by atoms with Crippen LogP contribution in [0.1, 0.15) is 72.6 Å². The SMILES string of the molecule is CC1=C(CO)C(=O)O[C@@H]([C@](C)(O)C2CC[C@@]3(O)C4CC=C5CC=CC(=O)[C@]5(C)C4CC[C@]23C)C1. The first-order valence-corrected chi connectivity index (χ1v) is 12.8. The van der Waals surface area contributed by atoms with E-state index in [-0.39, 0.29) is 35.7 Å². The number of ketones is 1. The number of hydrogen-bond acceptors (Lipinski definition) is 6. The highest BCUT2D eigenvalue weighted by Crippen LogP contribution is 2.68. The van der Waals surface area contributed by atoms with Crippen LogP contribution < -0.4 is 0 Å². The van der Waals surface area contributed by atoms with E-state index in [0.29, 0.717) is 25.7 Å². The second-order valence-electron chi connectivity index (χ2n) is 12.1. The molecule has 0 bridgehead atoms. The third kappa shape index (κ3) is 2.91. The van der Waals surface area contributed by atoms with Crippen LogP contribution in [-0.4, -0.2) is 51.0 Å². The lowest BCUT2D eigenvalue weighted by Gasteiger charge is -2.61. The quantitative estimate of drug-likeness (QED) is 0.431. The van der Waals surface area contributed by atoms with Gasteiger partial charge in [0.15, 0.2) is 5.78 Å². The van der Waals surface area contributed by atoms with Crippen molar-refractivity contribution in [3.05, 3.63) is 34.9 Å². The Labute approximate surface area is 201 Å². The normalized spacial score (nSPS) is 45.7. The van der Waals surface area contributed by atoms with Crippen molar-refractivity contribution in [3.63, 3.8) is 0 Å². The van der Waals surface area contributed by atoms with Gasteiger partial charge in [0.05, 0.1) is 23.2 Å². The van der Waals surface area contributed by atoms with Crippen molar-refractivity contribution in [1.82, 2.24) is 0 Å². The molecule has 1 aliphatic heterocycles. The first-order valence-electron chi connectivity index (χ1n) is 12.8. The molecule has 1 heterocycles. The summed E-state index contributed by atoms with van der Waals surface area (Å²) in [5.74, 6) is -0.651. The number of allylic oxidation sites excluding steroid dienone is 4. The van der Waals surface area contributed by atoms with Crippen molar-refractivity contribution in [1.29, 1.82) is 0 Å². The summed E-state index contributed by atoms with van der Waals surface area (Å²) in [5.41, 5.74) is -1.25. The average Bonchev–Trinajstić information content (AvgIpc) is 3.06. The zero-order valence-electron chi connectivity index (χ0n) is 20.8. The number of esters is 1. The molecular weight excluding hydrogens is 432 g/mol. The van der Waals surface area contributed by atoms with Gasteiger partial charge in [0.25, 0.3) is 0 Å². The van der Waals surface area contributed by atoms with Crippen LogP contribution in [0.3, 0.4) is 0 Å². The highest BCUT2D eigenvalue weighted by molar-refractivity contribution is 5.98. The lowest BCUT2D eigenvalue weighted by molar-refractivity contribution is -0.214. The van der Waals surface area contributed by atoms with Crippen LogP contribution in [0, 0.1) is 28.6 Å². The first kappa shape index (κ1) is 24.0. The minimum Gasteiger partial charge on any atom is -0.456 e. The predicted molar refractivity (Wildman–Crippen MR) is 126 cm³/mol. The van der Waals surface area contributed by atoms with E-state index in [1.807, 2.05) is 6.08 Å². The van der Waals surface area contributed by atoms with E-state index < -0.39 is 34.1 Å². The highest BCUT2D eigenvalue weighted by Gasteiger charge is 2.70. The van der Waals surface area contributed by atoms with Gasteiger partial charge in [0.2, 0.25) is 0 Å². The first-order chi connectivity index (χ1) is 15.9. The molecule has 2 saturated carbocycles. The molecule has 5 aliphatic rings. The third-order valence-electron chi connectivity index (χ3n) is 10.8. The molecule has 6 heteroatoms. The van der Waals surface area contributed by atoms with Crippen LogP contribution in [0.2, 0.25) is 0 Å². The molecule has 6 nitrogen and oxygen atoms in total. The van der Waals surface area contributed by atoms with E-state index in [1.54, 1.807) is 19.9 Å². The van der Waals surface area contributed by atoms with Gasteiger partial charge in [-0.1, -0.05) is 30.2 Å². The molecule has 0 aromatic carbocycles. The Morgan fingerprint density at radius 2 is 1.91 bits per heavy atom. The smallest absolute Gasteiger partial charge is 0.336 e. The zero-order valence-corrected chi connectivity index (χ0v) is 20.8. The molecule has 0 aromatic rings. The van der Waals surface area contributed by atoms with Gasteiger partial charge in [-0.05, 0) is 83.1 Å². The third-order valence-corrected chi connectivity index (χ3v) is 10.8. The van der Waals surface area contributed by atoms with E-state index in [2.05, 4.69) is 19.9 Å². The molecule has 5 rings (SSSR count). The monoisotopic (exact) mass is 470 g/mol. The van der Waals surface area contributed by atoms with Gasteiger partial charge >= 0.3 is 5.97 Å². The molecule has 186 valence electrons. The largest absolute Gasteiger partial charge is 0.456 e. The van der Waals surface area contributed by atoms with Crippen molar-refractivity contribution in [2.24, 2.45) is 28.6 Å². The van der Waals surface area contributed by atoms with Crippen LogP contribution in [0.5, 0.6) is 0 Å². The van der Waals surface area contributed by atoms with Gasteiger partial charge in [-0.3, -0.25) is 4.79 Å². The molecule has 0 amide bonds. The fourth-order valence-electron chi connectivity index (χ4n) is 8.64. The number of fused-ring (bicyclic) bond motifs is 5. The Bertz CT molecular complexity index is 1020. The number of aliphatic hydroxyl groups excluding tert-OH is 1. The maximum absolute atomic E-state index is 13.1. The summed E-state index contributed by atoms with van der Waals surface area (Å²) in [5, 5.41) is 33.7. The Morgan fingerprint density at radius 3 is 2.59 bits per heavy atom. The van der Waals surface area contributed by atoms with E-state index >= 15 is 0 Å². The fraction of sp³-hybridized carbons (Fsp3) is 0.714. The summed E-state index contributed by atoms with van der Waals surface area (Å²) in [4.78, 5) is 25.6. The van der Waals surface area contributed by atoms with Gasteiger partial charge in [0.1, 0.15) is 11.7 Å². The summed E-state index contributed by atoms with van der Waals surface area (Å²) >= 11 is 0. The lowest BCUT2D eigenvalue weighted by Crippen LogP contribution is -2.64. The molecule has 3 N–H and O–H groups in total. The minimum atomic E-state index is -1.33. The molecule has 8 atom stereocenters. The van der Waals surface area contributed by atoms with Crippen molar-refractivity contribution in [3.8, 4) is 0 Å². The van der Waals surface area contributed by atoms with Crippen LogP contribution in [-0.2, 0) is 14.3 Å². The van der Waals surface area contributed by atoms with Crippen molar-refractivity contribution >= 4 is 11.8 Å². The molecule has 3 unspecified atom stereocenters. The predicted octanol–water partition coefficient (Wildman–Crippen LogP) is 3.40. The van der Waals surface area contributed by atoms with E-state index in [9.17, 15) is 24.9 Å². The maximum atomic E-state index is 13.1. The van der Waals surface area contributed by atoms with Gasteiger partial charge in [-0.2, -0.15) is 0 Å². The van der Waals surface area contributed by atoms with Crippen LogP contribution in [0.4, 0.5) is 0 Å². The Kier molecular flexibility index (Phi) is 5.37. The van der Waals surface area contributed by atoms with E-state index in [1.165, 1.54) is 5.57 Å². The summed E-state index contributed by atoms with van der Waals surface area (Å²) in [6, 6.07) is 0. The number of ether oxygens (including phenoxy) is 1. The molecule has 2 fully saturated rings. The van der Waals surface area contributed by atoms with Gasteiger partial charge in [0, 0.05) is 11.8 Å². The minimum absolute atomic E-state index is 0.0484. The number of rotatable bonds is 3. The van der Waals surface area contributed by atoms with E-state index in [0.717, 1.165) is 24.8 Å². The lowest BCUT2D eigenvalue weighted by atomic mass is 9.45. The second kappa shape index (κ2) is 7.62. The summed E-state index contributed by atoms with van der Waals surface area (Å²) < 4.78 is 5.65. The summed E-state index contributed by atoms with van der Waals surface area (Å²) in [6.07, 6.45) is 9.77. The molecule has 4 aliphatic carbocycles. The Morgan fingerprint density at radius 1 is 1.18 bits per heavy atom. The summed E-state index contributed by atoms with van der Waals surface area (Å²) in [6.45, 7) is 7.32. The number of carbonyl (C=O) groups excluding carboxylic acids is 2. The molecule has 34 heavy (non-hydrogen) atoms. The number of hydrogen-bond donors (Lipinski definition) is 3. The van der Waals surface area contributed by atoms with Crippen molar-refractivity contribution < 1.29 is 29.6 Å². The van der Waals surface area contributed by atoms with Gasteiger partial charge < -0.3 is 20.1 Å². The van der Waals surface area contributed by atoms with E-state index in [4.69, 9.17) is 4.74 Å². The molecule has 0 saturated heterocycles. The zero-order chi connectivity index (χ0) is 24.7. The Hall–Kier alpha value is -1.76. The van der Waals surface area contributed by atoms with Gasteiger partial charge in [-0.25, -0.2) is 4.79 Å². The Balaban J connectivity index is 1.47. The fourth-order valence-corrected chi connectivity index (χ4v) is 8.64. The van der Waals surface area contributed by atoms with Crippen molar-refractivity contribution in [2.75, 3.05) is 6.61 Å². The molecule has 0 spiro atoms. The molecule has 0 radical (unpaired) electrons. The molecule has 0 aromatic heterocycles. The second-order valence-corrected chi connectivity index (χ2v) is 12.1. The highest BCUT2D eigenvalue weighted by atomic mass is 16.6. The van der Waals surface area contributed by atoms with Crippen LogP contribution >= 0.6 is 0 Å². The maximum Gasteiger partial charge on any atom is 0.336 e. The summed E-state index contributed by atoms with van der Waals surface area (Å²) in [7, 11) is 0. The molecular formula is C28H38O6. The standard InChI is InChI=1S/C28H38O6/c1-16-14-23(34-24(31)18(16)15-29)27(4,32)21-11-13-28(33)20-9-8-17-6-5-7-22(30)26(17,3)19(20)10-12-25(21,28)2/h5,7-8,19-21,23,29,32-33H,6,9-15H2,1-4H3/t19?,20?,21?,23-,25-,26+,27-,28-/m1/s1. The topological polar surface area (TPSA) is 104 Å². The van der Waals surface area contributed by atoms with Gasteiger partial charge in [-0.15, -0.1) is 0 Å². The number of aliphatic hydroxyl groups is 3. The van der Waals surface area contributed by atoms with Crippen molar-refractivity contribution in [2.45, 2.75) is 89.9 Å². The van der Waals surface area contributed by atoms with Crippen LogP contribution in [0.15, 0.2) is 34.9 Å². The number of carbonyl (C=O) groups is 2. The van der Waals surface area contributed by atoms with Crippen LogP contribution in [0.25, 0.3) is 0 Å².